The summed E-state index contributed by atoms with van der Waals surface area (Å²) in [6, 6.07) is 0.582. The van der Waals surface area contributed by atoms with E-state index in [2.05, 4.69) is 12.2 Å². The molecule has 0 unspecified atom stereocenters. The van der Waals surface area contributed by atoms with Gasteiger partial charge in [-0.25, -0.2) is 0 Å². The number of hydrogen-bond donors (Lipinski definition) is 1. The van der Waals surface area contributed by atoms with Gasteiger partial charge in [-0.2, -0.15) is 0 Å². The number of nitrogens with one attached hydrogen (secondary N) is 1. The lowest BCUT2D eigenvalue weighted by atomic mass is 9.98. The molecular formula is C7H15NO. The van der Waals surface area contributed by atoms with Crippen LogP contribution in [0.1, 0.15) is 13.3 Å². The largest absolute Gasteiger partial charge is 0.380 e. The lowest BCUT2D eigenvalue weighted by molar-refractivity contribution is 0.0442. The molecule has 1 N–H and O–H groups in total. The molecule has 54 valence electrons. The monoisotopic (exact) mass is 129 g/mol. The Hall–Kier alpha value is -0.0800. The minimum Gasteiger partial charge on any atom is -0.380 e. The standard InChI is InChI=1S/C7H15NO/c1-6-3-4-9-5-7(6)8-2/h6-8H,3-5H2,1-2H3/t6-,7+/m0/s1. The smallest absolute Gasteiger partial charge is 0.0622 e. The van der Waals surface area contributed by atoms with Gasteiger partial charge in [-0.15, -0.1) is 0 Å². The summed E-state index contributed by atoms with van der Waals surface area (Å²) in [5, 5.41) is 3.23. The van der Waals surface area contributed by atoms with E-state index in [1.54, 1.807) is 0 Å². The highest BCUT2D eigenvalue weighted by molar-refractivity contribution is 4.74. The van der Waals surface area contributed by atoms with Crippen LogP contribution in [0.25, 0.3) is 0 Å². The zero-order valence-corrected chi connectivity index (χ0v) is 6.18. The van der Waals surface area contributed by atoms with Crippen molar-refractivity contribution in [1.82, 2.24) is 5.32 Å². The van der Waals surface area contributed by atoms with E-state index in [0.717, 1.165) is 19.1 Å². The molecule has 0 aromatic carbocycles. The van der Waals surface area contributed by atoms with E-state index in [1.807, 2.05) is 7.05 Å². The molecule has 0 aromatic rings. The maximum atomic E-state index is 5.28. The van der Waals surface area contributed by atoms with Crippen LogP contribution in [0.4, 0.5) is 0 Å². The Labute approximate surface area is 56.6 Å². The number of likely N-dealkylation sites (N-methyl/N-ethyl adjacent to an activating group) is 1. The summed E-state index contributed by atoms with van der Waals surface area (Å²) in [5.74, 6) is 0.781. The van der Waals surface area contributed by atoms with Crippen molar-refractivity contribution in [3.8, 4) is 0 Å². The Morgan fingerprint density at radius 1 is 1.56 bits per heavy atom. The molecule has 2 nitrogen and oxygen atoms in total. The van der Waals surface area contributed by atoms with Crippen molar-refractivity contribution in [2.24, 2.45) is 5.92 Å². The third-order valence-electron chi connectivity index (χ3n) is 2.07. The van der Waals surface area contributed by atoms with Crippen LogP contribution in [0.5, 0.6) is 0 Å². The first-order chi connectivity index (χ1) is 4.34. The van der Waals surface area contributed by atoms with Crippen LogP contribution < -0.4 is 5.32 Å². The third-order valence-corrected chi connectivity index (χ3v) is 2.07. The van der Waals surface area contributed by atoms with E-state index in [9.17, 15) is 0 Å². The number of ether oxygens (including phenoxy) is 1. The summed E-state index contributed by atoms with van der Waals surface area (Å²) in [6.07, 6.45) is 1.20. The maximum Gasteiger partial charge on any atom is 0.0622 e. The SMILES string of the molecule is CN[C@@H]1COCC[C@@H]1C. The van der Waals surface area contributed by atoms with E-state index in [4.69, 9.17) is 4.74 Å². The molecule has 0 spiro atoms. The van der Waals surface area contributed by atoms with Crippen LogP contribution in [0.15, 0.2) is 0 Å². The molecular weight excluding hydrogens is 114 g/mol. The zero-order valence-electron chi connectivity index (χ0n) is 6.18. The quantitative estimate of drug-likeness (QED) is 0.560. The summed E-state index contributed by atoms with van der Waals surface area (Å²) in [7, 11) is 2.00. The minimum absolute atomic E-state index is 0.582. The van der Waals surface area contributed by atoms with Gasteiger partial charge >= 0.3 is 0 Å². The first-order valence-corrected chi connectivity index (χ1v) is 3.59. The fourth-order valence-corrected chi connectivity index (χ4v) is 1.21. The van der Waals surface area contributed by atoms with Crippen molar-refractivity contribution in [2.45, 2.75) is 19.4 Å². The van der Waals surface area contributed by atoms with Crippen molar-refractivity contribution >= 4 is 0 Å². The third kappa shape index (κ3) is 1.66. The second kappa shape index (κ2) is 3.18. The van der Waals surface area contributed by atoms with Crippen LogP contribution in [0.3, 0.4) is 0 Å². The molecule has 1 aliphatic heterocycles. The van der Waals surface area contributed by atoms with Crippen molar-refractivity contribution in [3.05, 3.63) is 0 Å². The molecule has 1 aliphatic rings. The highest BCUT2D eigenvalue weighted by Crippen LogP contribution is 2.13. The van der Waals surface area contributed by atoms with Crippen LogP contribution in [0.2, 0.25) is 0 Å². The average molecular weight is 129 g/mol. The zero-order chi connectivity index (χ0) is 6.69. The predicted molar refractivity (Wildman–Crippen MR) is 37.4 cm³/mol. The lowest BCUT2D eigenvalue weighted by Gasteiger charge is -2.28. The van der Waals surface area contributed by atoms with Gasteiger partial charge in [0.15, 0.2) is 0 Å². The summed E-state index contributed by atoms with van der Waals surface area (Å²) >= 11 is 0. The molecule has 2 heteroatoms. The molecule has 9 heavy (non-hydrogen) atoms. The van der Waals surface area contributed by atoms with E-state index in [1.165, 1.54) is 6.42 Å². The molecule has 1 fully saturated rings. The second-order valence-corrected chi connectivity index (χ2v) is 2.74. The molecule has 0 radical (unpaired) electrons. The lowest BCUT2D eigenvalue weighted by Crippen LogP contribution is -2.40. The molecule has 0 aliphatic carbocycles. The average Bonchev–Trinajstić information content (AvgIpc) is 1.89. The van der Waals surface area contributed by atoms with Crippen LogP contribution >= 0.6 is 0 Å². The Bertz CT molecular complexity index is 85.0. The van der Waals surface area contributed by atoms with Gasteiger partial charge in [-0.1, -0.05) is 6.92 Å². The maximum absolute atomic E-state index is 5.28. The summed E-state index contributed by atoms with van der Waals surface area (Å²) in [6.45, 7) is 4.10. The molecule has 1 heterocycles. The van der Waals surface area contributed by atoms with Gasteiger partial charge in [0.05, 0.1) is 6.61 Å². The fraction of sp³-hybridized carbons (Fsp3) is 1.00. The molecule has 0 saturated carbocycles. The predicted octanol–water partition coefficient (Wildman–Crippen LogP) is 0.631. The van der Waals surface area contributed by atoms with Gasteiger partial charge < -0.3 is 10.1 Å². The van der Waals surface area contributed by atoms with E-state index < -0.39 is 0 Å². The van der Waals surface area contributed by atoms with Crippen LogP contribution in [0, 0.1) is 5.92 Å². The normalized spacial score (nSPS) is 36.7. The minimum atomic E-state index is 0.582. The van der Waals surface area contributed by atoms with Gasteiger partial charge in [-0.05, 0) is 19.4 Å². The molecule has 1 rings (SSSR count). The first kappa shape index (κ1) is 7.03. The molecule has 1 saturated heterocycles. The van der Waals surface area contributed by atoms with Gasteiger partial charge in [-0.3, -0.25) is 0 Å². The Morgan fingerprint density at radius 3 is 2.78 bits per heavy atom. The molecule has 0 bridgehead atoms. The summed E-state index contributed by atoms with van der Waals surface area (Å²) in [4.78, 5) is 0. The first-order valence-electron chi connectivity index (χ1n) is 3.59. The van der Waals surface area contributed by atoms with Crippen LogP contribution in [-0.2, 0) is 4.74 Å². The fourth-order valence-electron chi connectivity index (χ4n) is 1.21. The van der Waals surface area contributed by atoms with E-state index >= 15 is 0 Å². The molecule has 0 amide bonds. The van der Waals surface area contributed by atoms with Gasteiger partial charge in [0.2, 0.25) is 0 Å². The van der Waals surface area contributed by atoms with Crippen molar-refractivity contribution in [2.75, 3.05) is 20.3 Å². The summed E-state index contributed by atoms with van der Waals surface area (Å²) < 4.78 is 5.28. The van der Waals surface area contributed by atoms with E-state index in [0.29, 0.717) is 6.04 Å². The van der Waals surface area contributed by atoms with Crippen molar-refractivity contribution < 1.29 is 4.74 Å². The topological polar surface area (TPSA) is 21.3 Å². The van der Waals surface area contributed by atoms with Crippen LogP contribution in [-0.4, -0.2) is 26.3 Å². The Morgan fingerprint density at radius 2 is 2.33 bits per heavy atom. The Balaban J connectivity index is 2.30. The van der Waals surface area contributed by atoms with Gasteiger partial charge in [0.25, 0.3) is 0 Å². The highest BCUT2D eigenvalue weighted by atomic mass is 16.5. The van der Waals surface area contributed by atoms with Crippen molar-refractivity contribution in [3.63, 3.8) is 0 Å². The number of rotatable bonds is 1. The molecule has 0 aromatic heterocycles. The van der Waals surface area contributed by atoms with Gasteiger partial charge in [0, 0.05) is 12.6 Å². The number of hydrogen-bond acceptors (Lipinski definition) is 2. The second-order valence-electron chi connectivity index (χ2n) is 2.74. The highest BCUT2D eigenvalue weighted by Gasteiger charge is 2.19. The molecule has 2 atom stereocenters. The summed E-state index contributed by atoms with van der Waals surface area (Å²) in [5.41, 5.74) is 0. The van der Waals surface area contributed by atoms with E-state index in [-0.39, 0.29) is 0 Å². The Kier molecular flexibility index (Phi) is 2.49. The van der Waals surface area contributed by atoms with Crippen molar-refractivity contribution in [1.29, 1.82) is 0 Å². The van der Waals surface area contributed by atoms with Gasteiger partial charge in [0.1, 0.15) is 0 Å².